The van der Waals surface area contributed by atoms with Crippen LogP contribution in [-0.4, -0.2) is 42.5 Å². The highest BCUT2D eigenvalue weighted by Crippen LogP contribution is 2.49. The summed E-state index contributed by atoms with van der Waals surface area (Å²) in [6.07, 6.45) is 4.50. The number of hydrogen-bond acceptors (Lipinski definition) is 4. The molecule has 5 heteroatoms. The van der Waals surface area contributed by atoms with Crippen molar-refractivity contribution in [2.45, 2.75) is 78.4 Å². The van der Waals surface area contributed by atoms with Gasteiger partial charge >= 0.3 is 0 Å². The Morgan fingerprint density at radius 1 is 1.07 bits per heavy atom. The Morgan fingerprint density at radius 3 is 2.39 bits per heavy atom. The molecule has 1 amide bonds. The highest BCUT2D eigenvalue weighted by molar-refractivity contribution is 5.98. The van der Waals surface area contributed by atoms with Gasteiger partial charge in [0.05, 0.1) is 30.4 Å². The lowest BCUT2D eigenvalue weighted by Crippen LogP contribution is -2.48. The molecule has 2 fully saturated rings. The quantitative estimate of drug-likeness (QED) is 0.663. The van der Waals surface area contributed by atoms with Gasteiger partial charge in [0.15, 0.2) is 0 Å². The van der Waals surface area contributed by atoms with Gasteiger partial charge in [-0.15, -0.1) is 0 Å². The van der Waals surface area contributed by atoms with Gasteiger partial charge in [-0.05, 0) is 68.6 Å². The van der Waals surface area contributed by atoms with Gasteiger partial charge in [-0.2, -0.15) is 0 Å². The number of hydrogen-bond donors (Lipinski definition) is 2. The Balaban J connectivity index is 1.70. The molecule has 5 unspecified atom stereocenters. The van der Waals surface area contributed by atoms with Gasteiger partial charge in [-0.1, -0.05) is 27.7 Å². The highest BCUT2D eigenvalue weighted by Gasteiger charge is 2.52. The molecule has 0 aromatic carbocycles. The van der Waals surface area contributed by atoms with E-state index in [1.807, 2.05) is 6.92 Å². The third-order valence-corrected chi connectivity index (χ3v) is 7.86. The van der Waals surface area contributed by atoms with Crippen molar-refractivity contribution in [1.82, 2.24) is 5.32 Å². The average Bonchev–Trinajstić information content (AvgIpc) is 2.89. The van der Waals surface area contributed by atoms with E-state index in [-0.39, 0.29) is 17.9 Å². The van der Waals surface area contributed by atoms with Crippen LogP contribution in [0.4, 0.5) is 0 Å². The van der Waals surface area contributed by atoms with Gasteiger partial charge in [0, 0.05) is 6.61 Å². The monoisotopic (exact) mass is 393 g/mol. The number of carbonyl (C=O) groups is 1. The van der Waals surface area contributed by atoms with Crippen LogP contribution in [0.15, 0.2) is 11.3 Å². The van der Waals surface area contributed by atoms with Crippen LogP contribution in [0.2, 0.25) is 0 Å². The SMILES string of the molecule is CCOCCOC1CCC2(CC1)NC(=O)C(C1C(C)CC(C)C(C)C1C)=C2O. The van der Waals surface area contributed by atoms with Crippen molar-refractivity contribution in [3.63, 3.8) is 0 Å². The standard InChI is InChI=1S/C23H39NO4/c1-6-27-11-12-28-18-7-9-23(10-8-18)21(25)20(22(26)24-23)19-15(3)13-14(2)16(4)17(19)5/h14-19,25H,6-13H2,1-5H3,(H,24,26). The first-order valence-corrected chi connectivity index (χ1v) is 11.3. The summed E-state index contributed by atoms with van der Waals surface area (Å²) >= 11 is 0. The first-order valence-electron chi connectivity index (χ1n) is 11.3. The molecule has 0 aromatic heterocycles. The van der Waals surface area contributed by atoms with Crippen LogP contribution >= 0.6 is 0 Å². The number of ether oxygens (including phenoxy) is 2. The van der Waals surface area contributed by atoms with Crippen LogP contribution < -0.4 is 5.32 Å². The molecule has 1 aliphatic heterocycles. The van der Waals surface area contributed by atoms with Crippen LogP contribution in [0.25, 0.3) is 0 Å². The molecule has 5 atom stereocenters. The van der Waals surface area contributed by atoms with Crippen molar-refractivity contribution in [3.8, 4) is 0 Å². The second-order valence-electron chi connectivity index (χ2n) is 9.50. The van der Waals surface area contributed by atoms with Crippen LogP contribution in [-0.2, 0) is 14.3 Å². The number of aliphatic hydroxyl groups excluding tert-OH is 1. The van der Waals surface area contributed by atoms with Gasteiger partial charge in [-0.3, -0.25) is 4.79 Å². The smallest absolute Gasteiger partial charge is 0.251 e. The first kappa shape index (κ1) is 21.6. The van der Waals surface area contributed by atoms with Gasteiger partial charge in [0.2, 0.25) is 0 Å². The summed E-state index contributed by atoms with van der Waals surface area (Å²) in [5, 5.41) is 14.4. The van der Waals surface area contributed by atoms with E-state index in [2.05, 4.69) is 33.0 Å². The number of rotatable bonds is 6. The summed E-state index contributed by atoms with van der Waals surface area (Å²) in [4.78, 5) is 13.0. The van der Waals surface area contributed by atoms with Crippen LogP contribution in [0.5, 0.6) is 0 Å². The maximum absolute atomic E-state index is 13.0. The second-order valence-corrected chi connectivity index (χ2v) is 9.50. The summed E-state index contributed by atoms with van der Waals surface area (Å²) in [5.41, 5.74) is 0.104. The van der Waals surface area contributed by atoms with Gasteiger partial charge in [0.1, 0.15) is 5.76 Å². The molecule has 0 bridgehead atoms. The molecule has 5 nitrogen and oxygen atoms in total. The predicted molar refractivity (Wildman–Crippen MR) is 110 cm³/mol. The molecule has 1 heterocycles. The number of amides is 1. The fraction of sp³-hybridized carbons (Fsp3) is 0.870. The molecule has 160 valence electrons. The van der Waals surface area contributed by atoms with E-state index in [9.17, 15) is 9.90 Å². The lowest BCUT2D eigenvalue weighted by atomic mass is 9.61. The zero-order valence-electron chi connectivity index (χ0n) is 18.3. The topological polar surface area (TPSA) is 67.8 Å². The minimum absolute atomic E-state index is 0.0429. The van der Waals surface area contributed by atoms with E-state index in [0.29, 0.717) is 54.8 Å². The minimum Gasteiger partial charge on any atom is -0.509 e. The summed E-state index contributed by atoms with van der Waals surface area (Å²) < 4.78 is 11.3. The van der Waals surface area contributed by atoms with Crippen molar-refractivity contribution >= 4 is 5.91 Å². The van der Waals surface area contributed by atoms with Crippen molar-refractivity contribution in [2.24, 2.45) is 29.6 Å². The number of carbonyl (C=O) groups excluding carboxylic acids is 1. The average molecular weight is 394 g/mol. The van der Waals surface area contributed by atoms with Gasteiger partial charge < -0.3 is 19.9 Å². The third-order valence-electron chi connectivity index (χ3n) is 7.86. The normalized spacial score (nSPS) is 41.5. The zero-order chi connectivity index (χ0) is 20.5. The lowest BCUT2D eigenvalue weighted by Gasteiger charge is -2.43. The van der Waals surface area contributed by atoms with Crippen LogP contribution in [0.3, 0.4) is 0 Å². The highest BCUT2D eigenvalue weighted by atomic mass is 16.5. The Kier molecular flexibility index (Phi) is 6.76. The predicted octanol–water partition coefficient (Wildman–Crippen LogP) is 4.23. The summed E-state index contributed by atoms with van der Waals surface area (Å²) in [6, 6.07) is 0. The van der Waals surface area contributed by atoms with Gasteiger partial charge in [0.25, 0.3) is 5.91 Å². The summed E-state index contributed by atoms with van der Waals surface area (Å²) in [6.45, 7) is 13.0. The van der Waals surface area contributed by atoms with E-state index < -0.39 is 5.54 Å². The van der Waals surface area contributed by atoms with Crippen LogP contribution in [0.1, 0.15) is 66.7 Å². The lowest BCUT2D eigenvalue weighted by molar-refractivity contribution is -0.119. The third kappa shape index (κ3) is 3.97. The van der Waals surface area contributed by atoms with Gasteiger partial charge in [-0.25, -0.2) is 0 Å². The van der Waals surface area contributed by atoms with Crippen molar-refractivity contribution in [3.05, 3.63) is 11.3 Å². The molecule has 2 aliphatic carbocycles. The molecular weight excluding hydrogens is 354 g/mol. The summed E-state index contributed by atoms with van der Waals surface area (Å²) in [5.74, 6) is 2.46. The molecule has 0 radical (unpaired) electrons. The van der Waals surface area contributed by atoms with Crippen molar-refractivity contribution in [2.75, 3.05) is 19.8 Å². The Hall–Kier alpha value is -1.07. The Morgan fingerprint density at radius 2 is 1.75 bits per heavy atom. The fourth-order valence-corrected chi connectivity index (χ4v) is 5.91. The van der Waals surface area contributed by atoms with Crippen molar-refractivity contribution in [1.29, 1.82) is 0 Å². The zero-order valence-corrected chi connectivity index (χ0v) is 18.3. The van der Waals surface area contributed by atoms with E-state index in [0.717, 1.165) is 32.1 Å². The molecule has 28 heavy (non-hydrogen) atoms. The van der Waals surface area contributed by atoms with E-state index in [4.69, 9.17) is 9.47 Å². The minimum atomic E-state index is -0.571. The van der Waals surface area contributed by atoms with Crippen molar-refractivity contribution < 1.29 is 19.4 Å². The fourth-order valence-electron chi connectivity index (χ4n) is 5.91. The molecule has 3 rings (SSSR count). The number of aliphatic hydroxyl groups is 1. The number of nitrogens with one attached hydrogen (secondary N) is 1. The Bertz CT molecular complexity index is 593. The molecule has 3 aliphatic rings. The maximum atomic E-state index is 13.0. The van der Waals surface area contributed by atoms with E-state index in [1.165, 1.54) is 0 Å². The molecule has 0 saturated heterocycles. The van der Waals surface area contributed by atoms with E-state index >= 15 is 0 Å². The molecule has 1 spiro atoms. The summed E-state index contributed by atoms with van der Waals surface area (Å²) in [7, 11) is 0. The molecular formula is C23H39NO4. The first-order chi connectivity index (χ1) is 13.3. The largest absolute Gasteiger partial charge is 0.509 e. The van der Waals surface area contributed by atoms with E-state index in [1.54, 1.807) is 0 Å². The molecule has 2 N–H and O–H groups in total. The maximum Gasteiger partial charge on any atom is 0.251 e. The Labute approximate surface area is 170 Å². The van der Waals surface area contributed by atoms with Crippen LogP contribution in [0, 0.1) is 29.6 Å². The second kappa shape index (κ2) is 8.74. The molecule has 0 aromatic rings. The molecule has 2 saturated carbocycles.